The average Bonchev–Trinajstić information content (AvgIpc) is 3.04. The fraction of sp³-hybridized carbons (Fsp3) is 0.812. The lowest BCUT2D eigenvalue weighted by Crippen LogP contribution is -2.39. The van der Waals surface area contributed by atoms with Crippen molar-refractivity contribution in [1.29, 1.82) is 0 Å². The van der Waals surface area contributed by atoms with Crippen LogP contribution in [0.5, 0.6) is 0 Å². The molecule has 0 radical (unpaired) electrons. The third-order valence-electron chi connectivity index (χ3n) is 7.62. The molecule has 15 nitrogen and oxygen atoms in total. The topological polar surface area (TPSA) is 202 Å². The van der Waals surface area contributed by atoms with Crippen molar-refractivity contribution in [1.82, 2.24) is 47.4 Å². The molecule has 0 spiro atoms. The van der Waals surface area contributed by atoms with Crippen molar-refractivity contribution in [3.63, 3.8) is 0 Å². The van der Waals surface area contributed by atoms with E-state index in [1.807, 2.05) is 19.0 Å². The molecular formula is C32H63N9O6. The third kappa shape index (κ3) is 28.6. The molecule has 0 rings (SSSR count). The molecule has 0 aromatic carbocycles. The first-order chi connectivity index (χ1) is 22.6. The van der Waals surface area contributed by atoms with E-state index in [2.05, 4.69) is 42.5 Å². The van der Waals surface area contributed by atoms with Crippen LogP contribution >= 0.6 is 0 Å². The molecule has 0 saturated heterocycles. The minimum atomic E-state index is -0.141. The standard InChI is InChI=1S/C32H63N9O6/c1-26(42)36-22-25-41(23-14-31(46)37-16-7-5-6-8-28(43)35-4)24-15-32(47)38-17-13-27(9-11-29(44)39-20-18-33-2)10-12-30(45)40-21-19-34-3/h27,33-34H,5-25H2,1-4H3,(H,35,43)(H,36,42)(H,37,46)(H,38,47)(H,39,44)(H,40,45). The van der Waals surface area contributed by atoms with E-state index in [4.69, 9.17) is 0 Å². The largest absolute Gasteiger partial charge is 0.359 e. The van der Waals surface area contributed by atoms with Crippen molar-refractivity contribution in [2.75, 3.05) is 86.6 Å². The van der Waals surface area contributed by atoms with Gasteiger partial charge in [0.05, 0.1) is 0 Å². The van der Waals surface area contributed by atoms with E-state index in [1.165, 1.54) is 6.92 Å². The highest BCUT2D eigenvalue weighted by Gasteiger charge is 2.15. The molecular weight excluding hydrogens is 606 g/mol. The van der Waals surface area contributed by atoms with Crippen LogP contribution in [0.15, 0.2) is 0 Å². The summed E-state index contributed by atoms with van der Waals surface area (Å²) in [6.45, 7) is 6.71. The second-order valence-electron chi connectivity index (χ2n) is 11.6. The van der Waals surface area contributed by atoms with Crippen molar-refractivity contribution in [3.05, 3.63) is 0 Å². The number of carbonyl (C=O) groups is 6. The molecule has 8 N–H and O–H groups in total. The molecule has 0 fully saturated rings. The van der Waals surface area contributed by atoms with E-state index in [0.29, 0.717) is 104 Å². The number of unbranched alkanes of at least 4 members (excludes halogenated alkanes) is 2. The highest BCUT2D eigenvalue weighted by atomic mass is 16.2. The van der Waals surface area contributed by atoms with Crippen molar-refractivity contribution in [2.24, 2.45) is 5.92 Å². The van der Waals surface area contributed by atoms with E-state index in [1.54, 1.807) is 7.05 Å². The van der Waals surface area contributed by atoms with Gasteiger partial charge in [-0.05, 0) is 52.1 Å². The number of amides is 6. The molecule has 47 heavy (non-hydrogen) atoms. The molecule has 0 bridgehead atoms. The molecule has 0 aromatic heterocycles. The van der Waals surface area contributed by atoms with Crippen LogP contribution in [0.2, 0.25) is 0 Å². The summed E-state index contributed by atoms with van der Waals surface area (Å²) in [6, 6.07) is 0. The van der Waals surface area contributed by atoms with Gasteiger partial charge < -0.3 is 47.4 Å². The lowest BCUT2D eigenvalue weighted by atomic mass is 9.93. The number of nitrogens with one attached hydrogen (secondary N) is 8. The van der Waals surface area contributed by atoms with Gasteiger partial charge in [0.25, 0.3) is 0 Å². The van der Waals surface area contributed by atoms with Gasteiger partial charge in [-0.1, -0.05) is 6.42 Å². The Kier molecular flexibility index (Phi) is 27.9. The van der Waals surface area contributed by atoms with Gasteiger partial charge in [-0.3, -0.25) is 28.8 Å². The minimum absolute atomic E-state index is 0.0146. The van der Waals surface area contributed by atoms with Crippen LogP contribution in [-0.2, 0) is 28.8 Å². The predicted octanol–water partition coefficient (Wildman–Crippen LogP) is -1.02. The molecule has 272 valence electrons. The summed E-state index contributed by atoms with van der Waals surface area (Å²) in [7, 11) is 5.26. The van der Waals surface area contributed by atoms with Gasteiger partial charge >= 0.3 is 0 Å². The van der Waals surface area contributed by atoms with Crippen molar-refractivity contribution >= 4 is 35.4 Å². The van der Waals surface area contributed by atoms with E-state index in [0.717, 1.165) is 19.3 Å². The predicted molar refractivity (Wildman–Crippen MR) is 183 cm³/mol. The maximum atomic E-state index is 12.7. The normalized spacial score (nSPS) is 10.9. The van der Waals surface area contributed by atoms with Gasteiger partial charge in [0.15, 0.2) is 0 Å². The highest BCUT2D eigenvalue weighted by molar-refractivity contribution is 5.77. The molecule has 0 aliphatic rings. The Morgan fingerprint density at radius 2 is 0.979 bits per heavy atom. The Labute approximate surface area is 281 Å². The second-order valence-corrected chi connectivity index (χ2v) is 11.6. The van der Waals surface area contributed by atoms with Crippen molar-refractivity contribution in [3.8, 4) is 0 Å². The number of carbonyl (C=O) groups excluding carboxylic acids is 6. The SMILES string of the molecule is CNCCNC(=O)CCC(CCNC(=O)CCN(CCNC(C)=O)CCC(=O)NCCCCCC(=O)NC)CCC(=O)NCCNC. The van der Waals surface area contributed by atoms with E-state index in [-0.39, 0.29) is 54.2 Å². The molecule has 6 amide bonds. The van der Waals surface area contributed by atoms with Crippen LogP contribution < -0.4 is 42.5 Å². The number of nitrogens with zero attached hydrogens (tertiary/aromatic N) is 1. The zero-order chi connectivity index (χ0) is 35.1. The van der Waals surface area contributed by atoms with Gasteiger partial charge in [0.1, 0.15) is 0 Å². The molecule has 15 heteroatoms. The van der Waals surface area contributed by atoms with Gasteiger partial charge in [-0.25, -0.2) is 0 Å². The fourth-order valence-electron chi connectivity index (χ4n) is 4.71. The Morgan fingerprint density at radius 1 is 0.468 bits per heavy atom. The number of hydrogen-bond acceptors (Lipinski definition) is 9. The quantitative estimate of drug-likeness (QED) is 0.0441. The van der Waals surface area contributed by atoms with E-state index >= 15 is 0 Å². The second kappa shape index (κ2) is 30.1. The maximum absolute atomic E-state index is 12.7. The van der Waals surface area contributed by atoms with Gasteiger partial charge in [0.2, 0.25) is 35.4 Å². The Bertz CT molecular complexity index is 880. The van der Waals surface area contributed by atoms with Crippen LogP contribution in [0, 0.1) is 5.92 Å². The lowest BCUT2D eigenvalue weighted by molar-refractivity contribution is -0.123. The number of rotatable bonds is 30. The zero-order valence-electron chi connectivity index (χ0n) is 29.3. The molecule has 0 unspecified atom stereocenters. The smallest absolute Gasteiger partial charge is 0.221 e. The van der Waals surface area contributed by atoms with Gasteiger partial charge in [-0.15, -0.1) is 0 Å². The Balaban J connectivity index is 4.71. The molecule has 0 saturated carbocycles. The first-order valence-electron chi connectivity index (χ1n) is 17.1. The van der Waals surface area contributed by atoms with E-state index in [9.17, 15) is 28.8 Å². The Morgan fingerprint density at radius 3 is 1.49 bits per heavy atom. The molecule has 0 heterocycles. The van der Waals surface area contributed by atoms with Crippen LogP contribution in [0.3, 0.4) is 0 Å². The molecule has 0 aliphatic carbocycles. The summed E-state index contributed by atoms with van der Waals surface area (Å²) < 4.78 is 0. The lowest BCUT2D eigenvalue weighted by Gasteiger charge is -2.22. The summed E-state index contributed by atoms with van der Waals surface area (Å²) in [4.78, 5) is 74.2. The highest BCUT2D eigenvalue weighted by Crippen LogP contribution is 2.17. The first kappa shape index (κ1) is 43.7. The summed E-state index contributed by atoms with van der Waals surface area (Å²) >= 11 is 0. The van der Waals surface area contributed by atoms with Crippen LogP contribution in [0.4, 0.5) is 0 Å². The summed E-state index contributed by atoms with van der Waals surface area (Å²) in [5.41, 5.74) is 0. The van der Waals surface area contributed by atoms with E-state index < -0.39 is 0 Å². The summed E-state index contributed by atoms with van der Waals surface area (Å²) in [6.07, 6.45) is 6.03. The maximum Gasteiger partial charge on any atom is 0.221 e. The minimum Gasteiger partial charge on any atom is -0.359 e. The molecule has 0 atom stereocenters. The van der Waals surface area contributed by atoms with Crippen LogP contribution in [0.1, 0.15) is 77.6 Å². The van der Waals surface area contributed by atoms with Crippen molar-refractivity contribution < 1.29 is 28.8 Å². The molecule has 0 aromatic rings. The average molecular weight is 670 g/mol. The summed E-state index contributed by atoms with van der Waals surface area (Å²) in [5.74, 6) is -0.286. The number of likely N-dealkylation sites (N-methyl/N-ethyl adjacent to an activating group) is 2. The van der Waals surface area contributed by atoms with Gasteiger partial charge in [0, 0.05) is 112 Å². The van der Waals surface area contributed by atoms with Crippen LogP contribution in [0.25, 0.3) is 0 Å². The monoisotopic (exact) mass is 669 g/mol. The third-order valence-corrected chi connectivity index (χ3v) is 7.62. The Hall–Kier alpha value is -3.30. The first-order valence-corrected chi connectivity index (χ1v) is 17.1. The number of hydrogen-bond donors (Lipinski definition) is 8. The zero-order valence-corrected chi connectivity index (χ0v) is 29.3. The fourth-order valence-corrected chi connectivity index (χ4v) is 4.71. The van der Waals surface area contributed by atoms with Crippen molar-refractivity contribution in [2.45, 2.75) is 77.6 Å². The summed E-state index contributed by atoms with van der Waals surface area (Å²) in [5, 5.41) is 23.0. The van der Waals surface area contributed by atoms with Gasteiger partial charge in [-0.2, -0.15) is 0 Å². The molecule has 0 aliphatic heterocycles. The van der Waals surface area contributed by atoms with Crippen LogP contribution in [-0.4, -0.2) is 127 Å².